The monoisotopic (exact) mass is 433 g/mol. The molecule has 0 fully saturated rings. The lowest BCUT2D eigenvalue weighted by atomic mass is 10.1. The molecule has 3 aromatic carbocycles. The SMILES string of the molecule is Cc1cc(C)c(OCC(=O)Nc2ccc(NC(=O)c3ccccc3)c(C)c2)c([N+](=O)[O-])c1. The van der Waals surface area contributed by atoms with E-state index in [0.29, 0.717) is 22.5 Å². The van der Waals surface area contributed by atoms with Gasteiger partial charge in [-0.2, -0.15) is 0 Å². The molecule has 0 heterocycles. The predicted molar refractivity (Wildman–Crippen MR) is 122 cm³/mol. The number of aryl methyl sites for hydroxylation is 3. The van der Waals surface area contributed by atoms with Crippen LogP contribution in [-0.4, -0.2) is 23.3 Å². The summed E-state index contributed by atoms with van der Waals surface area (Å²) in [5.74, 6) is -0.611. The van der Waals surface area contributed by atoms with Crippen molar-refractivity contribution in [3.8, 4) is 5.75 Å². The molecule has 0 aliphatic carbocycles. The zero-order valence-electron chi connectivity index (χ0n) is 18.0. The fourth-order valence-electron chi connectivity index (χ4n) is 3.26. The van der Waals surface area contributed by atoms with Crippen molar-refractivity contribution in [2.24, 2.45) is 0 Å². The average Bonchev–Trinajstić information content (AvgIpc) is 2.75. The van der Waals surface area contributed by atoms with Crippen LogP contribution >= 0.6 is 0 Å². The topological polar surface area (TPSA) is 111 Å². The minimum atomic E-state index is -0.529. The van der Waals surface area contributed by atoms with Crippen molar-refractivity contribution in [2.75, 3.05) is 17.2 Å². The van der Waals surface area contributed by atoms with E-state index in [0.717, 1.165) is 11.1 Å². The van der Waals surface area contributed by atoms with Gasteiger partial charge in [-0.3, -0.25) is 19.7 Å². The summed E-state index contributed by atoms with van der Waals surface area (Å²) in [5, 5.41) is 16.8. The smallest absolute Gasteiger partial charge is 0.311 e. The van der Waals surface area contributed by atoms with Gasteiger partial charge in [0.2, 0.25) is 5.75 Å². The van der Waals surface area contributed by atoms with Gasteiger partial charge in [0, 0.05) is 23.0 Å². The van der Waals surface area contributed by atoms with E-state index >= 15 is 0 Å². The molecule has 0 unspecified atom stereocenters. The minimum Gasteiger partial charge on any atom is -0.477 e. The molecule has 8 heteroatoms. The van der Waals surface area contributed by atoms with Crippen molar-refractivity contribution in [3.63, 3.8) is 0 Å². The van der Waals surface area contributed by atoms with Crippen molar-refractivity contribution in [1.82, 2.24) is 0 Å². The largest absolute Gasteiger partial charge is 0.477 e. The van der Waals surface area contributed by atoms with Crippen molar-refractivity contribution in [2.45, 2.75) is 20.8 Å². The summed E-state index contributed by atoms with van der Waals surface area (Å²) >= 11 is 0. The molecule has 0 atom stereocenters. The Morgan fingerprint density at radius 3 is 2.31 bits per heavy atom. The third-order valence-corrected chi connectivity index (χ3v) is 4.74. The Kier molecular flexibility index (Phi) is 6.84. The lowest BCUT2D eigenvalue weighted by Crippen LogP contribution is -2.21. The number of amides is 2. The second-order valence-corrected chi connectivity index (χ2v) is 7.37. The zero-order valence-corrected chi connectivity index (χ0v) is 18.0. The van der Waals surface area contributed by atoms with E-state index in [2.05, 4.69) is 10.6 Å². The number of nitrogens with one attached hydrogen (secondary N) is 2. The minimum absolute atomic E-state index is 0.0749. The van der Waals surface area contributed by atoms with Gasteiger partial charge in [-0.15, -0.1) is 0 Å². The quantitative estimate of drug-likeness (QED) is 0.411. The van der Waals surface area contributed by atoms with Crippen molar-refractivity contribution in [3.05, 3.63) is 93.0 Å². The molecule has 2 N–H and O–H groups in total. The van der Waals surface area contributed by atoms with E-state index in [-0.39, 0.29) is 24.0 Å². The lowest BCUT2D eigenvalue weighted by molar-refractivity contribution is -0.385. The second kappa shape index (κ2) is 9.74. The number of carbonyl (C=O) groups is 2. The zero-order chi connectivity index (χ0) is 23.3. The van der Waals surface area contributed by atoms with Crippen LogP contribution in [0.3, 0.4) is 0 Å². The molecule has 32 heavy (non-hydrogen) atoms. The molecule has 0 aliphatic heterocycles. The summed E-state index contributed by atoms with van der Waals surface area (Å²) in [7, 11) is 0. The fourth-order valence-corrected chi connectivity index (χ4v) is 3.26. The second-order valence-electron chi connectivity index (χ2n) is 7.37. The molecule has 0 saturated heterocycles. The molecule has 2 amide bonds. The maximum Gasteiger partial charge on any atom is 0.311 e. The van der Waals surface area contributed by atoms with Gasteiger partial charge in [-0.1, -0.05) is 24.3 Å². The Hall–Kier alpha value is -4.20. The molecular weight excluding hydrogens is 410 g/mol. The molecule has 0 aromatic heterocycles. The van der Waals surface area contributed by atoms with Crippen LogP contribution in [0.4, 0.5) is 17.1 Å². The van der Waals surface area contributed by atoms with E-state index in [9.17, 15) is 19.7 Å². The highest BCUT2D eigenvalue weighted by molar-refractivity contribution is 6.04. The van der Waals surface area contributed by atoms with Gasteiger partial charge in [0.15, 0.2) is 6.61 Å². The van der Waals surface area contributed by atoms with Gasteiger partial charge in [0.1, 0.15) is 0 Å². The van der Waals surface area contributed by atoms with Crippen LogP contribution in [0.25, 0.3) is 0 Å². The summed E-state index contributed by atoms with van der Waals surface area (Å²) in [6, 6.07) is 17.1. The van der Waals surface area contributed by atoms with Crippen LogP contribution in [-0.2, 0) is 4.79 Å². The molecule has 0 bridgehead atoms. The summed E-state index contributed by atoms with van der Waals surface area (Å²) in [5.41, 5.74) is 3.59. The van der Waals surface area contributed by atoms with Gasteiger partial charge in [0.25, 0.3) is 11.8 Å². The number of nitro benzene ring substituents is 1. The Morgan fingerprint density at radius 1 is 0.938 bits per heavy atom. The standard InChI is InChI=1S/C24H23N3O5/c1-15-11-17(3)23(21(12-15)27(30)31)32-14-22(28)25-19-9-10-20(16(2)13-19)26-24(29)18-7-5-4-6-8-18/h4-13H,14H2,1-3H3,(H,25,28)(H,26,29). The first-order chi connectivity index (χ1) is 15.2. The van der Waals surface area contributed by atoms with E-state index < -0.39 is 10.8 Å². The summed E-state index contributed by atoms with van der Waals surface area (Å²) < 4.78 is 5.46. The molecule has 3 aromatic rings. The Bertz CT molecular complexity index is 1180. The van der Waals surface area contributed by atoms with Crippen LogP contribution in [0.15, 0.2) is 60.7 Å². The summed E-state index contributed by atoms with van der Waals surface area (Å²) in [6.45, 7) is 4.88. The number of hydrogen-bond acceptors (Lipinski definition) is 5. The maximum atomic E-state index is 12.3. The van der Waals surface area contributed by atoms with Gasteiger partial charge in [0.05, 0.1) is 4.92 Å². The predicted octanol–water partition coefficient (Wildman–Crippen LogP) is 4.79. The number of rotatable bonds is 7. The Balaban J connectivity index is 1.63. The van der Waals surface area contributed by atoms with E-state index in [4.69, 9.17) is 4.74 Å². The first-order valence-electron chi connectivity index (χ1n) is 9.90. The van der Waals surface area contributed by atoms with Gasteiger partial charge >= 0.3 is 5.69 Å². The number of nitro groups is 1. The maximum absolute atomic E-state index is 12.3. The number of ether oxygens (including phenoxy) is 1. The third-order valence-electron chi connectivity index (χ3n) is 4.74. The van der Waals surface area contributed by atoms with Crippen LogP contribution in [0.2, 0.25) is 0 Å². The molecule has 0 spiro atoms. The average molecular weight is 433 g/mol. The Morgan fingerprint density at radius 2 is 1.66 bits per heavy atom. The van der Waals surface area contributed by atoms with Gasteiger partial charge in [-0.05, 0) is 67.8 Å². The van der Waals surface area contributed by atoms with Crippen molar-refractivity contribution in [1.29, 1.82) is 0 Å². The van der Waals surface area contributed by atoms with E-state index in [1.807, 2.05) is 13.0 Å². The van der Waals surface area contributed by atoms with Gasteiger partial charge in [-0.25, -0.2) is 0 Å². The first kappa shape index (κ1) is 22.5. The van der Waals surface area contributed by atoms with Gasteiger partial charge < -0.3 is 15.4 Å². The molecule has 0 saturated carbocycles. The lowest BCUT2D eigenvalue weighted by Gasteiger charge is -2.13. The summed E-state index contributed by atoms with van der Waals surface area (Å²) in [6.07, 6.45) is 0. The van der Waals surface area contributed by atoms with Crippen LogP contribution < -0.4 is 15.4 Å². The molecule has 8 nitrogen and oxygen atoms in total. The number of anilines is 2. The molecule has 3 rings (SSSR count). The number of hydrogen-bond donors (Lipinski definition) is 2. The fraction of sp³-hybridized carbons (Fsp3) is 0.167. The number of benzene rings is 3. The van der Waals surface area contributed by atoms with Crippen LogP contribution in [0, 0.1) is 30.9 Å². The van der Waals surface area contributed by atoms with Crippen LogP contribution in [0.1, 0.15) is 27.0 Å². The highest BCUT2D eigenvalue weighted by Gasteiger charge is 2.19. The first-order valence-corrected chi connectivity index (χ1v) is 9.90. The molecular formula is C24H23N3O5. The van der Waals surface area contributed by atoms with Crippen LogP contribution in [0.5, 0.6) is 5.75 Å². The highest BCUT2D eigenvalue weighted by atomic mass is 16.6. The summed E-state index contributed by atoms with van der Waals surface area (Å²) in [4.78, 5) is 35.4. The molecule has 164 valence electrons. The molecule has 0 radical (unpaired) electrons. The third kappa shape index (κ3) is 5.48. The molecule has 0 aliphatic rings. The Labute approximate surface area is 185 Å². The highest BCUT2D eigenvalue weighted by Crippen LogP contribution is 2.32. The number of nitrogens with zero attached hydrogens (tertiary/aromatic N) is 1. The van der Waals surface area contributed by atoms with E-state index in [1.165, 1.54) is 6.07 Å². The van der Waals surface area contributed by atoms with E-state index in [1.54, 1.807) is 62.4 Å². The van der Waals surface area contributed by atoms with Crippen molar-refractivity contribution >= 4 is 28.9 Å². The van der Waals surface area contributed by atoms with Crippen molar-refractivity contribution < 1.29 is 19.2 Å². The number of carbonyl (C=O) groups excluding carboxylic acids is 2. The normalized spacial score (nSPS) is 10.3.